The number of esters is 1. The lowest BCUT2D eigenvalue weighted by atomic mass is 9.69. The van der Waals surface area contributed by atoms with Crippen LogP contribution < -0.4 is 0 Å². The van der Waals surface area contributed by atoms with Gasteiger partial charge in [0.2, 0.25) is 0 Å². The van der Waals surface area contributed by atoms with Crippen LogP contribution in [0.3, 0.4) is 0 Å². The van der Waals surface area contributed by atoms with Gasteiger partial charge in [-0.2, -0.15) is 0 Å². The van der Waals surface area contributed by atoms with Gasteiger partial charge in [0, 0.05) is 43.8 Å². The average Bonchev–Trinajstić information content (AvgIpc) is 3.18. The molecule has 10 heteroatoms. The molecule has 0 bridgehead atoms. The largest absolute Gasteiger partial charge is 0.465 e. The number of carbonyl (C=O) groups is 3. The van der Waals surface area contributed by atoms with Crippen LogP contribution in [-0.4, -0.2) is 72.9 Å². The monoisotopic (exact) mass is 585 g/mol. The Labute approximate surface area is 248 Å². The molecule has 1 aliphatic rings. The predicted octanol–water partition coefficient (Wildman–Crippen LogP) is 4.59. The van der Waals surface area contributed by atoms with Crippen LogP contribution in [0.25, 0.3) is 11.0 Å². The maximum atomic E-state index is 13.6. The highest BCUT2D eigenvalue weighted by molar-refractivity contribution is 5.88. The molecular weight excluding hydrogens is 538 g/mol. The number of aryl methyl sites for hydroxylation is 2. The predicted molar refractivity (Wildman–Crippen MR) is 160 cm³/mol. The second-order valence-electron chi connectivity index (χ2n) is 13.3. The number of ketones is 1. The second kappa shape index (κ2) is 12.2. The molecular formula is C32H47N3O7. The van der Waals surface area contributed by atoms with E-state index >= 15 is 0 Å². The maximum absolute atomic E-state index is 13.6. The maximum Gasteiger partial charge on any atom is 0.407 e. The summed E-state index contributed by atoms with van der Waals surface area (Å²) in [6.07, 6.45) is -0.528. The number of amides is 1. The highest BCUT2D eigenvalue weighted by atomic mass is 16.6. The zero-order chi connectivity index (χ0) is 31.8. The summed E-state index contributed by atoms with van der Waals surface area (Å²) in [5, 5.41) is 32.1. The summed E-state index contributed by atoms with van der Waals surface area (Å²) in [6.45, 7) is 14.2. The molecule has 0 saturated carbocycles. The molecule has 0 aliphatic carbocycles. The minimum atomic E-state index is -1.37. The van der Waals surface area contributed by atoms with E-state index in [1.165, 1.54) is 4.90 Å². The van der Waals surface area contributed by atoms with Crippen LogP contribution in [0.5, 0.6) is 0 Å². The standard InChI is InChI=1S/C32H47N3O7/c1-19-11-10-15-35(29(40)41)16-14-32(30(4,5)6,22-12-13-24-23(17-22)33-21(3)34(24)9)42-26(37)18-25(36)31(7,8)28(39)20(2)27(19)38/h10-13,17,19-20,25,27,36,38H,14-16,18H2,1-9H3,(H,40,41)/t19-,20+,25-,27-,32+/m0/s1. The number of aliphatic hydroxyl groups excluding tert-OH is 2. The summed E-state index contributed by atoms with van der Waals surface area (Å²) in [6, 6.07) is 5.66. The van der Waals surface area contributed by atoms with Gasteiger partial charge in [-0.05, 0) is 24.6 Å². The first kappa shape index (κ1) is 33.3. The van der Waals surface area contributed by atoms with Crippen molar-refractivity contribution in [3.05, 3.63) is 41.7 Å². The Kier molecular flexibility index (Phi) is 9.64. The van der Waals surface area contributed by atoms with Crippen LogP contribution in [0.2, 0.25) is 0 Å². The summed E-state index contributed by atoms with van der Waals surface area (Å²) in [5.41, 5.74) is -1.08. The van der Waals surface area contributed by atoms with Crippen molar-refractivity contribution < 1.29 is 34.4 Å². The van der Waals surface area contributed by atoms with E-state index in [4.69, 9.17) is 4.74 Å². The van der Waals surface area contributed by atoms with Gasteiger partial charge in [-0.3, -0.25) is 9.59 Å². The van der Waals surface area contributed by atoms with Crippen LogP contribution >= 0.6 is 0 Å². The van der Waals surface area contributed by atoms with Crippen molar-refractivity contribution in [2.24, 2.45) is 29.7 Å². The van der Waals surface area contributed by atoms with E-state index in [2.05, 4.69) is 4.98 Å². The molecule has 0 fully saturated rings. The average molecular weight is 586 g/mol. The second-order valence-corrected chi connectivity index (χ2v) is 13.3. The Morgan fingerprint density at radius 1 is 1.14 bits per heavy atom. The lowest BCUT2D eigenvalue weighted by Crippen LogP contribution is -2.49. The number of nitrogens with zero attached hydrogens (tertiary/aromatic N) is 3. The zero-order valence-corrected chi connectivity index (χ0v) is 26.3. The van der Waals surface area contributed by atoms with Gasteiger partial charge in [0.25, 0.3) is 0 Å². The van der Waals surface area contributed by atoms with Crippen molar-refractivity contribution in [2.75, 3.05) is 13.1 Å². The number of aromatic nitrogens is 2. The quantitative estimate of drug-likeness (QED) is 0.326. The van der Waals surface area contributed by atoms with E-state index < -0.39 is 59.0 Å². The number of fused-ring (bicyclic) bond motifs is 1. The summed E-state index contributed by atoms with van der Waals surface area (Å²) in [5.74, 6) is -1.57. The van der Waals surface area contributed by atoms with Crippen LogP contribution in [0.15, 0.2) is 30.4 Å². The van der Waals surface area contributed by atoms with E-state index in [0.717, 1.165) is 11.3 Å². The number of rotatable bonds is 1. The summed E-state index contributed by atoms with van der Waals surface area (Å²) in [7, 11) is 1.92. The lowest BCUT2D eigenvalue weighted by Gasteiger charge is -2.45. The molecule has 0 spiro atoms. The smallest absolute Gasteiger partial charge is 0.407 e. The molecule has 1 aromatic carbocycles. The number of carboxylic acid groups (broad SMARTS) is 1. The zero-order valence-electron chi connectivity index (χ0n) is 26.3. The number of hydrogen-bond acceptors (Lipinski definition) is 7. The number of cyclic esters (lactones) is 1. The van der Waals surface area contributed by atoms with Crippen LogP contribution in [0, 0.1) is 29.6 Å². The number of aliphatic hydroxyl groups is 2. The van der Waals surface area contributed by atoms with Gasteiger partial charge in [0.1, 0.15) is 17.2 Å². The van der Waals surface area contributed by atoms with Crippen molar-refractivity contribution in [3.8, 4) is 0 Å². The first-order valence-corrected chi connectivity index (χ1v) is 14.5. The topological polar surface area (TPSA) is 142 Å². The van der Waals surface area contributed by atoms with Crippen LogP contribution in [-0.2, 0) is 27.0 Å². The molecule has 1 amide bonds. The Bertz CT molecular complexity index is 1360. The van der Waals surface area contributed by atoms with E-state index in [0.29, 0.717) is 11.1 Å². The fourth-order valence-electron chi connectivity index (χ4n) is 5.87. The molecule has 2 heterocycles. The molecule has 3 rings (SSSR count). The Morgan fingerprint density at radius 3 is 2.38 bits per heavy atom. The third kappa shape index (κ3) is 6.39. The highest BCUT2D eigenvalue weighted by Gasteiger charge is 2.49. The number of ether oxygens (including phenoxy) is 1. The van der Waals surface area contributed by atoms with Gasteiger partial charge in [0.05, 0.1) is 35.1 Å². The lowest BCUT2D eigenvalue weighted by molar-refractivity contribution is -0.182. The molecule has 232 valence electrons. The summed E-state index contributed by atoms with van der Waals surface area (Å²) < 4.78 is 8.29. The number of imidazole rings is 1. The van der Waals surface area contributed by atoms with Crippen LogP contribution in [0.1, 0.15) is 72.7 Å². The molecule has 0 unspecified atom stereocenters. The molecule has 42 heavy (non-hydrogen) atoms. The first-order valence-electron chi connectivity index (χ1n) is 14.5. The number of hydrogen-bond donors (Lipinski definition) is 3. The van der Waals surface area contributed by atoms with Crippen molar-refractivity contribution >= 4 is 28.9 Å². The van der Waals surface area contributed by atoms with Gasteiger partial charge < -0.3 is 29.5 Å². The van der Waals surface area contributed by atoms with Gasteiger partial charge in [-0.25, -0.2) is 9.78 Å². The number of Topliss-reactive ketones (excluding diaryl/α,β-unsaturated/α-hetero) is 1. The molecule has 1 aliphatic heterocycles. The third-order valence-electron chi connectivity index (χ3n) is 9.13. The Balaban J connectivity index is 2.18. The summed E-state index contributed by atoms with van der Waals surface area (Å²) >= 11 is 0. The number of benzene rings is 1. The van der Waals surface area contributed by atoms with E-state index in [1.807, 2.05) is 57.5 Å². The normalized spacial score (nSPS) is 28.6. The molecule has 0 saturated heterocycles. The highest BCUT2D eigenvalue weighted by Crippen LogP contribution is 2.47. The first-order chi connectivity index (χ1) is 19.3. The molecule has 10 nitrogen and oxygen atoms in total. The Morgan fingerprint density at radius 2 is 1.79 bits per heavy atom. The Hall–Kier alpha value is -3.24. The van der Waals surface area contributed by atoms with E-state index in [-0.39, 0.29) is 25.3 Å². The third-order valence-corrected chi connectivity index (χ3v) is 9.13. The SMILES string of the molecule is Cc1nc2cc([C@@]3(C(C)(C)C)CCN(C(=O)O)CC=C[C@H](C)[C@H](O)[C@@H](C)C(=O)C(C)(C)[C@@H](O)CC(=O)O3)ccc2n1C. The van der Waals surface area contributed by atoms with Gasteiger partial charge in [-0.1, -0.05) is 66.7 Å². The molecule has 0 radical (unpaired) electrons. The minimum absolute atomic E-state index is 0.0450. The van der Waals surface area contributed by atoms with Crippen LogP contribution in [0.4, 0.5) is 4.79 Å². The minimum Gasteiger partial charge on any atom is -0.465 e. The molecule has 5 atom stereocenters. The summed E-state index contributed by atoms with van der Waals surface area (Å²) in [4.78, 5) is 45.3. The van der Waals surface area contributed by atoms with Crippen molar-refractivity contribution in [2.45, 2.75) is 86.0 Å². The van der Waals surface area contributed by atoms with Crippen molar-refractivity contribution in [1.82, 2.24) is 14.5 Å². The molecule has 1 aromatic heterocycles. The van der Waals surface area contributed by atoms with Crippen molar-refractivity contribution in [1.29, 1.82) is 0 Å². The van der Waals surface area contributed by atoms with E-state index in [1.54, 1.807) is 39.8 Å². The van der Waals surface area contributed by atoms with Crippen molar-refractivity contribution in [3.63, 3.8) is 0 Å². The van der Waals surface area contributed by atoms with Gasteiger partial charge in [0.15, 0.2) is 0 Å². The molecule has 2 aromatic rings. The number of carbonyl (C=O) groups excluding carboxylic acids is 2. The van der Waals surface area contributed by atoms with Gasteiger partial charge >= 0.3 is 12.1 Å². The van der Waals surface area contributed by atoms with E-state index in [9.17, 15) is 29.7 Å². The van der Waals surface area contributed by atoms with Gasteiger partial charge in [-0.15, -0.1) is 0 Å². The molecule has 3 N–H and O–H groups in total. The fourth-order valence-corrected chi connectivity index (χ4v) is 5.87. The fraction of sp³-hybridized carbons (Fsp3) is 0.625.